The number of carbonyl (C=O) groups is 2. The summed E-state index contributed by atoms with van der Waals surface area (Å²) in [5.74, 6) is 1.16. The second-order valence-electron chi connectivity index (χ2n) is 9.65. The number of aromatic nitrogens is 1. The molecule has 0 unspecified atom stereocenters. The van der Waals surface area contributed by atoms with Gasteiger partial charge >= 0.3 is 0 Å². The highest BCUT2D eigenvalue weighted by molar-refractivity contribution is 5.98. The van der Waals surface area contributed by atoms with Gasteiger partial charge in [-0.15, -0.1) is 0 Å². The fourth-order valence-electron chi connectivity index (χ4n) is 5.90. The Morgan fingerprint density at radius 2 is 1.70 bits per heavy atom. The van der Waals surface area contributed by atoms with E-state index in [2.05, 4.69) is 11.1 Å². The third-order valence-corrected chi connectivity index (χ3v) is 7.77. The summed E-state index contributed by atoms with van der Waals surface area (Å²) in [6.07, 6.45) is 0.449. The number of aromatic amines is 1. The maximum absolute atomic E-state index is 14.1. The summed E-state index contributed by atoms with van der Waals surface area (Å²) in [4.78, 5) is 35.1. The number of nitrogens with zero attached hydrogens (tertiary/aromatic N) is 2. The van der Waals surface area contributed by atoms with Gasteiger partial charge in [-0.25, -0.2) is 0 Å². The summed E-state index contributed by atoms with van der Waals surface area (Å²) in [7, 11) is 3.23. The number of methoxy groups -OCH3 is 2. The number of rotatable bonds is 5. The van der Waals surface area contributed by atoms with Crippen molar-refractivity contribution in [1.29, 1.82) is 0 Å². The maximum atomic E-state index is 14.1. The molecule has 37 heavy (non-hydrogen) atoms. The highest BCUT2D eigenvalue weighted by atomic mass is 16.5. The SMILES string of the molecule is COc1ccc(OC)c([C@H]2c3[nH]c4ccccc4c3C[C@H]3C(=O)N([C@H](C)c4ccccc4)CC(=O)N23)c1. The van der Waals surface area contributed by atoms with Crippen LogP contribution in [0.1, 0.15) is 41.4 Å². The molecule has 1 aromatic heterocycles. The van der Waals surface area contributed by atoms with Crippen LogP contribution in [0.2, 0.25) is 0 Å². The molecule has 7 nitrogen and oxygen atoms in total. The molecule has 0 aliphatic carbocycles. The fraction of sp³-hybridized carbons (Fsp3) is 0.267. The molecule has 0 radical (unpaired) electrons. The van der Waals surface area contributed by atoms with Crippen molar-refractivity contribution in [3.05, 3.63) is 95.2 Å². The highest BCUT2D eigenvalue weighted by Crippen LogP contribution is 2.46. The molecule has 0 saturated carbocycles. The van der Waals surface area contributed by atoms with E-state index < -0.39 is 12.1 Å². The van der Waals surface area contributed by atoms with Gasteiger partial charge in [-0.3, -0.25) is 9.59 Å². The van der Waals surface area contributed by atoms with Crippen LogP contribution in [-0.4, -0.2) is 53.4 Å². The number of amides is 2. The number of benzene rings is 3. The van der Waals surface area contributed by atoms with Gasteiger partial charge in [-0.05, 0) is 42.3 Å². The average molecular weight is 496 g/mol. The van der Waals surface area contributed by atoms with Gasteiger partial charge in [0.1, 0.15) is 30.1 Å². The van der Waals surface area contributed by atoms with Crippen molar-refractivity contribution < 1.29 is 19.1 Å². The molecule has 4 aromatic rings. The lowest BCUT2D eigenvalue weighted by Gasteiger charge is -2.48. The molecule has 3 atom stereocenters. The minimum atomic E-state index is -0.625. The summed E-state index contributed by atoms with van der Waals surface area (Å²) < 4.78 is 11.3. The Morgan fingerprint density at radius 1 is 0.946 bits per heavy atom. The first-order chi connectivity index (χ1) is 18.0. The number of nitrogens with one attached hydrogen (secondary N) is 1. The van der Waals surface area contributed by atoms with Crippen LogP contribution >= 0.6 is 0 Å². The summed E-state index contributed by atoms with van der Waals surface area (Å²) in [6, 6.07) is 22.2. The van der Waals surface area contributed by atoms with Crippen LogP contribution in [0.25, 0.3) is 10.9 Å². The van der Waals surface area contributed by atoms with Crippen molar-refractivity contribution in [3.8, 4) is 11.5 Å². The zero-order valence-corrected chi connectivity index (χ0v) is 21.1. The van der Waals surface area contributed by atoms with E-state index in [1.54, 1.807) is 24.0 Å². The van der Waals surface area contributed by atoms with Crippen LogP contribution in [0.3, 0.4) is 0 Å². The van der Waals surface area contributed by atoms with Gasteiger partial charge in [-0.1, -0.05) is 48.5 Å². The highest BCUT2D eigenvalue weighted by Gasteiger charge is 2.49. The molecule has 6 rings (SSSR count). The summed E-state index contributed by atoms with van der Waals surface area (Å²) in [5.41, 5.74) is 4.74. The number of fused-ring (bicyclic) bond motifs is 4. The van der Waals surface area contributed by atoms with Gasteiger partial charge in [0.05, 0.1) is 20.3 Å². The fourth-order valence-corrected chi connectivity index (χ4v) is 5.90. The van der Waals surface area contributed by atoms with E-state index >= 15 is 0 Å². The summed E-state index contributed by atoms with van der Waals surface area (Å²) >= 11 is 0. The predicted molar refractivity (Wildman–Crippen MR) is 141 cm³/mol. The van der Waals surface area contributed by atoms with Crippen LogP contribution in [-0.2, 0) is 16.0 Å². The lowest BCUT2D eigenvalue weighted by Crippen LogP contribution is -2.63. The van der Waals surface area contributed by atoms with E-state index in [1.165, 1.54) is 0 Å². The van der Waals surface area contributed by atoms with Gasteiger partial charge in [0.25, 0.3) is 0 Å². The van der Waals surface area contributed by atoms with Crippen molar-refractivity contribution >= 4 is 22.7 Å². The lowest BCUT2D eigenvalue weighted by molar-refractivity contribution is -0.160. The van der Waals surface area contributed by atoms with E-state index in [-0.39, 0.29) is 24.4 Å². The number of hydrogen-bond acceptors (Lipinski definition) is 4. The Balaban J connectivity index is 1.52. The molecule has 0 spiro atoms. The first kappa shape index (κ1) is 23.2. The molecule has 1 fully saturated rings. The normalized spacial score (nSPS) is 20.0. The predicted octanol–water partition coefficient (Wildman–Crippen LogP) is 4.63. The Hall–Kier alpha value is -4.26. The monoisotopic (exact) mass is 495 g/mol. The minimum Gasteiger partial charge on any atom is -0.497 e. The van der Waals surface area contributed by atoms with Crippen molar-refractivity contribution in [2.75, 3.05) is 20.8 Å². The molecule has 3 aromatic carbocycles. The van der Waals surface area contributed by atoms with Crippen LogP contribution in [0.5, 0.6) is 11.5 Å². The number of para-hydroxylation sites is 1. The topological polar surface area (TPSA) is 74.9 Å². The molecule has 1 N–H and O–H groups in total. The van der Waals surface area contributed by atoms with Crippen molar-refractivity contribution in [3.63, 3.8) is 0 Å². The van der Waals surface area contributed by atoms with E-state index in [0.29, 0.717) is 17.9 Å². The van der Waals surface area contributed by atoms with Gasteiger partial charge < -0.3 is 24.3 Å². The Morgan fingerprint density at radius 3 is 2.46 bits per heavy atom. The third kappa shape index (κ3) is 3.65. The zero-order valence-electron chi connectivity index (χ0n) is 21.1. The quantitative estimate of drug-likeness (QED) is 0.438. The molecule has 2 aliphatic rings. The Kier molecular flexibility index (Phi) is 5.63. The second-order valence-corrected chi connectivity index (χ2v) is 9.65. The maximum Gasteiger partial charge on any atom is 0.246 e. The van der Waals surface area contributed by atoms with E-state index in [4.69, 9.17) is 9.47 Å². The van der Waals surface area contributed by atoms with Crippen molar-refractivity contribution in [1.82, 2.24) is 14.8 Å². The molecule has 1 saturated heterocycles. The number of hydrogen-bond donors (Lipinski definition) is 1. The lowest BCUT2D eigenvalue weighted by atomic mass is 9.85. The van der Waals surface area contributed by atoms with Crippen molar-refractivity contribution in [2.45, 2.75) is 31.5 Å². The number of H-pyrrole nitrogens is 1. The zero-order chi connectivity index (χ0) is 25.7. The van der Waals surface area contributed by atoms with E-state index in [9.17, 15) is 9.59 Å². The largest absolute Gasteiger partial charge is 0.497 e. The smallest absolute Gasteiger partial charge is 0.246 e. The molecule has 0 bridgehead atoms. The molecule has 188 valence electrons. The standard InChI is InChI=1S/C30H29N3O4/c1-18(19-9-5-4-6-10-19)32-17-27(34)33-25(30(32)35)16-22-21-11-7-8-12-24(21)31-28(22)29(33)23-15-20(36-2)13-14-26(23)37-3/h4-15,18,25,29,31H,16-17H2,1-3H3/t18-,25+,29+/m1/s1. The van der Waals surface area contributed by atoms with Gasteiger partial charge in [0, 0.05) is 28.6 Å². The van der Waals surface area contributed by atoms with E-state index in [1.807, 2.05) is 73.7 Å². The molecular weight excluding hydrogens is 466 g/mol. The van der Waals surface area contributed by atoms with Gasteiger partial charge in [0.2, 0.25) is 11.8 Å². The number of carbonyl (C=O) groups excluding carboxylic acids is 2. The molecule has 3 heterocycles. The van der Waals surface area contributed by atoms with Crippen LogP contribution < -0.4 is 9.47 Å². The van der Waals surface area contributed by atoms with Crippen LogP contribution in [0.4, 0.5) is 0 Å². The average Bonchev–Trinajstić information content (AvgIpc) is 3.32. The van der Waals surface area contributed by atoms with Gasteiger partial charge in [0.15, 0.2) is 0 Å². The van der Waals surface area contributed by atoms with Crippen LogP contribution in [0.15, 0.2) is 72.8 Å². The van der Waals surface area contributed by atoms with Crippen molar-refractivity contribution in [2.24, 2.45) is 0 Å². The number of piperazine rings is 1. The summed E-state index contributed by atoms with van der Waals surface area (Å²) in [5, 5.41) is 1.07. The molecule has 2 aliphatic heterocycles. The second kappa shape index (κ2) is 9.00. The third-order valence-electron chi connectivity index (χ3n) is 7.77. The molecule has 7 heteroatoms. The molecular formula is C30H29N3O4. The summed E-state index contributed by atoms with van der Waals surface area (Å²) in [6.45, 7) is 2.00. The van der Waals surface area contributed by atoms with Gasteiger partial charge in [-0.2, -0.15) is 0 Å². The van der Waals surface area contributed by atoms with Crippen LogP contribution in [0, 0.1) is 0 Å². The Labute approximate surface area is 215 Å². The first-order valence-corrected chi connectivity index (χ1v) is 12.5. The Bertz CT molecular complexity index is 1500. The van der Waals surface area contributed by atoms with E-state index in [0.717, 1.165) is 33.3 Å². The first-order valence-electron chi connectivity index (χ1n) is 12.5. The minimum absolute atomic E-state index is 0.0176. The number of ether oxygens (including phenoxy) is 2. The molecule has 2 amide bonds.